The topological polar surface area (TPSA) is 73.8 Å². The van der Waals surface area contributed by atoms with Gasteiger partial charge < -0.3 is 10.6 Å². The lowest BCUT2D eigenvalue weighted by Gasteiger charge is -2.13. The second kappa shape index (κ2) is 9.17. The number of benzene rings is 1. The molecule has 6 nitrogen and oxygen atoms in total. The zero-order chi connectivity index (χ0) is 16.9. The average molecular weight is 456 g/mol. The highest BCUT2D eigenvalue weighted by molar-refractivity contribution is 14.0. The molecular weight excluding hydrogens is 431 g/mol. The number of unbranched alkanes of at least 4 members (excludes halogenated alkanes) is 1. The maximum atomic E-state index is 12.3. The maximum absolute atomic E-state index is 12.3. The first-order chi connectivity index (χ1) is 11.7. The molecule has 1 aliphatic heterocycles. The van der Waals surface area contributed by atoms with Gasteiger partial charge in [0.25, 0.3) is 11.8 Å². The van der Waals surface area contributed by atoms with Crippen molar-refractivity contribution in [1.82, 2.24) is 15.5 Å². The Morgan fingerprint density at radius 1 is 1.16 bits per heavy atom. The van der Waals surface area contributed by atoms with Gasteiger partial charge in [-0.3, -0.25) is 19.5 Å². The highest BCUT2D eigenvalue weighted by Crippen LogP contribution is 2.22. The standard InChI is InChI=1S/C18H24N4O2.HI/c1-2-19-18(21-13-9-10-13)20-11-5-6-12-22-16(23)14-7-3-4-8-15(14)17(22)24;/h3-4,7-8,13H,2,5-6,9-12H2,1H3,(H2,19,20,21);1H. The molecule has 0 atom stereocenters. The van der Waals surface area contributed by atoms with Crippen molar-refractivity contribution >= 4 is 41.8 Å². The minimum Gasteiger partial charge on any atom is -0.357 e. The quantitative estimate of drug-likeness (QED) is 0.217. The van der Waals surface area contributed by atoms with E-state index in [1.54, 1.807) is 24.3 Å². The molecule has 2 N–H and O–H groups in total. The molecule has 1 heterocycles. The van der Waals surface area contributed by atoms with Crippen molar-refractivity contribution in [3.8, 4) is 0 Å². The van der Waals surface area contributed by atoms with Gasteiger partial charge in [-0.2, -0.15) is 0 Å². The maximum Gasteiger partial charge on any atom is 0.261 e. The van der Waals surface area contributed by atoms with Crippen LogP contribution < -0.4 is 10.6 Å². The van der Waals surface area contributed by atoms with Crippen molar-refractivity contribution < 1.29 is 9.59 Å². The highest BCUT2D eigenvalue weighted by atomic mass is 127. The fourth-order valence-corrected chi connectivity index (χ4v) is 2.76. The van der Waals surface area contributed by atoms with Crippen molar-refractivity contribution in [2.75, 3.05) is 19.6 Å². The number of carbonyl (C=O) groups excluding carboxylic acids is 2. The van der Waals surface area contributed by atoms with Crippen LogP contribution in [0.4, 0.5) is 0 Å². The van der Waals surface area contributed by atoms with E-state index in [0.29, 0.717) is 30.3 Å². The largest absolute Gasteiger partial charge is 0.357 e. The van der Waals surface area contributed by atoms with E-state index >= 15 is 0 Å². The lowest BCUT2D eigenvalue weighted by atomic mass is 10.1. The van der Waals surface area contributed by atoms with E-state index in [4.69, 9.17) is 0 Å². The molecule has 1 aromatic rings. The molecule has 1 aromatic carbocycles. The van der Waals surface area contributed by atoms with Crippen molar-refractivity contribution in [2.45, 2.75) is 38.6 Å². The van der Waals surface area contributed by atoms with Gasteiger partial charge in [-0.05, 0) is 44.7 Å². The number of guanidine groups is 1. The predicted octanol–water partition coefficient (Wildman–Crippen LogP) is 2.40. The van der Waals surface area contributed by atoms with Crippen LogP contribution in [0.15, 0.2) is 29.3 Å². The van der Waals surface area contributed by atoms with Gasteiger partial charge in [0.05, 0.1) is 11.1 Å². The number of halogens is 1. The molecule has 25 heavy (non-hydrogen) atoms. The number of fused-ring (bicyclic) bond motifs is 1. The summed E-state index contributed by atoms with van der Waals surface area (Å²) in [5.41, 5.74) is 1.03. The lowest BCUT2D eigenvalue weighted by Crippen LogP contribution is -2.38. The van der Waals surface area contributed by atoms with Crippen molar-refractivity contribution in [1.29, 1.82) is 0 Å². The van der Waals surface area contributed by atoms with Crippen LogP contribution in [0.25, 0.3) is 0 Å². The fourth-order valence-electron chi connectivity index (χ4n) is 2.76. The number of nitrogens with zero attached hydrogens (tertiary/aromatic N) is 2. The van der Waals surface area contributed by atoms with Crippen LogP contribution in [-0.2, 0) is 0 Å². The fraction of sp³-hybridized carbons (Fsp3) is 0.500. The van der Waals surface area contributed by atoms with E-state index in [0.717, 1.165) is 25.3 Å². The van der Waals surface area contributed by atoms with Gasteiger partial charge in [-0.15, -0.1) is 24.0 Å². The highest BCUT2D eigenvalue weighted by Gasteiger charge is 2.34. The number of imide groups is 1. The minimum atomic E-state index is -0.178. The van der Waals surface area contributed by atoms with E-state index < -0.39 is 0 Å². The molecule has 1 saturated carbocycles. The molecule has 136 valence electrons. The van der Waals surface area contributed by atoms with Crippen LogP contribution in [0, 0.1) is 0 Å². The zero-order valence-electron chi connectivity index (χ0n) is 14.5. The van der Waals surface area contributed by atoms with E-state index in [-0.39, 0.29) is 35.8 Å². The number of nitrogens with one attached hydrogen (secondary N) is 2. The average Bonchev–Trinajstić information content (AvgIpc) is 3.37. The number of hydrogen-bond acceptors (Lipinski definition) is 3. The second-order valence-electron chi connectivity index (χ2n) is 6.19. The summed E-state index contributed by atoms with van der Waals surface area (Å²) in [5.74, 6) is 0.506. The SMILES string of the molecule is CCNC(=NCCCCN1C(=O)c2ccccc2C1=O)NC1CC1.I. The third kappa shape index (κ3) is 4.93. The summed E-state index contributed by atoms with van der Waals surface area (Å²) in [5, 5.41) is 6.60. The Kier molecular flexibility index (Phi) is 7.22. The molecule has 7 heteroatoms. The Morgan fingerprint density at radius 2 is 1.80 bits per heavy atom. The van der Waals surface area contributed by atoms with Crippen molar-refractivity contribution in [2.24, 2.45) is 4.99 Å². The van der Waals surface area contributed by atoms with Gasteiger partial charge in [0.2, 0.25) is 0 Å². The summed E-state index contributed by atoms with van der Waals surface area (Å²) in [6.45, 7) is 4.03. The predicted molar refractivity (Wildman–Crippen MR) is 109 cm³/mol. The third-order valence-corrected chi connectivity index (χ3v) is 4.20. The molecule has 2 amide bonds. The molecule has 0 spiro atoms. The number of hydrogen-bond donors (Lipinski definition) is 2. The van der Waals surface area contributed by atoms with Gasteiger partial charge in [0, 0.05) is 25.7 Å². The summed E-state index contributed by atoms with van der Waals surface area (Å²) in [6, 6.07) is 7.58. The first-order valence-electron chi connectivity index (χ1n) is 8.70. The molecule has 0 saturated heterocycles. The molecular formula is C18H25IN4O2. The van der Waals surface area contributed by atoms with Crippen LogP contribution in [-0.4, -0.2) is 48.3 Å². The molecule has 2 aliphatic rings. The smallest absolute Gasteiger partial charge is 0.261 e. The Morgan fingerprint density at radius 3 is 2.36 bits per heavy atom. The second-order valence-corrected chi connectivity index (χ2v) is 6.19. The van der Waals surface area contributed by atoms with Crippen molar-refractivity contribution in [3.63, 3.8) is 0 Å². The van der Waals surface area contributed by atoms with Gasteiger partial charge in [-0.1, -0.05) is 12.1 Å². The molecule has 0 unspecified atom stereocenters. The van der Waals surface area contributed by atoms with Gasteiger partial charge in [0.1, 0.15) is 0 Å². The zero-order valence-corrected chi connectivity index (χ0v) is 16.8. The molecule has 0 aromatic heterocycles. The van der Waals surface area contributed by atoms with Gasteiger partial charge in [0.15, 0.2) is 5.96 Å². The lowest BCUT2D eigenvalue weighted by molar-refractivity contribution is 0.0652. The Labute approximate surface area is 165 Å². The van der Waals surface area contributed by atoms with Gasteiger partial charge >= 0.3 is 0 Å². The Balaban J connectivity index is 0.00000225. The van der Waals surface area contributed by atoms with Crippen LogP contribution in [0.5, 0.6) is 0 Å². The van der Waals surface area contributed by atoms with E-state index in [1.165, 1.54) is 17.7 Å². The first kappa shape index (κ1) is 19.7. The molecule has 1 fully saturated rings. The number of aliphatic imine (C=N–C) groups is 1. The van der Waals surface area contributed by atoms with Gasteiger partial charge in [-0.25, -0.2) is 0 Å². The molecule has 3 rings (SSSR count). The Hall–Kier alpha value is -1.64. The molecule has 1 aliphatic carbocycles. The van der Waals surface area contributed by atoms with Crippen LogP contribution in [0.2, 0.25) is 0 Å². The van der Waals surface area contributed by atoms with Crippen LogP contribution in [0.3, 0.4) is 0 Å². The third-order valence-electron chi connectivity index (χ3n) is 4.20. The molecule has 0 radical (unpaired) electrons. The summed E-state index contributed by atoms with van der Waals surface area (Å²) in [6.07, 6.45) is 4.03. The van der Waals surface area contributed by atoms with Crippen molar-refractivity contribution in [3.05, 3.63) is 35.4 Å². The summed E-state index contributed by atoms with van der Waals surface area (Å²) >= 11 is 0. The Bertz CT molecular complexity index is 623. The summed E-state index contributed by atoms with van der Waals surface area (Å²) in [4.78, 5) is 30.4. The summed E-state index contributed by atoms with van der Waals surface area (Å²) in [7, 11) is 0. The molecule has 0 bridgehead atoms. The van der Waals surface area contributed by atoms with E-state index in [9.17, 15) is 9.59 Å². The van der Waals surface area contributed by atoms with Crippen LogP contribution >= 0.6 is 24.0 Å². The minimum absolute atomic E-state index is 0. The van der Waals surface area contributed by atoms with E-state index in [1.807, 2.05) is 6.92 Å². The number of amides is 2. The first-order valence-corrected chi connectivity index (χ1v) is 8.70. The number of carbonyl (C=O) groups is 2. The monoisotopic (exact) mass is 456 g/mol. The normalized spacial score (nSPS) is 16.5. The van der Waals surface area contributed by atoms with Crippen LogP contribution in [0.1, 0.15) is 53.3 Å². The summed E-state index contributed by atoms with van der Waals surface area (Å²) < 4.78 is 0. The number of rotatable bonds is 7. The van der Waals surface area contributed by atoms with E-state index in [2.05, 4.69) is 15.6 Å².